The van der Waals surface area contributed by atoms with Crippen LogP contribution in [0.25, 0.3) is 6.08 Å². The molecule has 0 spiro atoms. The number of esters is 1. The van der Waals surface area contributed by atoms with Crippen molar-refractivity contribution < 1.29 is 23.9 Å². The summed E-state index contributed by atoms with van der Waals surface area (Å²) in [5.74, 6) is -0.445. The molecule has 9 heteroatoms. The Labute approximate surface area is 196 Å². The number of urea groups is 1. The molecule has 162 valence electrons. The number of carbonyl (C=O) groups is 3. The van der Waals surface area contributed by atoms with Crippen LogP contribution in [0, 0.1) is 6.92 Å². The van der Waals surface area contributed by atoms with Crippen LogP contribution >= 0.6 is 31.9 Å². The fraction of sp³-hybridized carbons (Fsp3) is 0.227. The van der Waals surface area contributed by atoms with Crippen LogP contribution in [-0.2, 0) is 20.9 Å². The molecule has 7 nitrogen and oxygen atoms in total. The van der Waals surface area contributed by atoms with E-state index < -0.39 is 17.9 Å². The molecule has 1 heterocycles. The third-order valence-electron chi connectivity index (χ3n) is 4.39. The second-order valence-corrected chi connectivity index (χ2v) is 8.48. The smallest absolute Gasteiger partial charge is 0.344 e. The lowest BCUT2D eigenvalue weighted by Crippen LogP contribution is -2.30. The monoisotopic (exact) mass is 550 g/mol. The van der Waals surface area contributed by atoms with Gasteiger partial charge < -0.3 is 14.8 Å². The molecule has 1 fully saturated rings. The van der Waals surface area contributed by atoms with Gasteiger partial charge in [-0.25, -0.2) is 9.59 Å². The summed E-state index contributed by atoms with van der Waals surface area (Å²) in [7, 11) is 0. The van der Waals surface area contributed by atoms with Crippen LogP contribution in [0.3, 0.4) is 0 Å². The molecule has 1 aliphatic heterocycles. The van der Waals surface area contributed by atoms with E-state index in [2.05, 4.69) is 37.2 Å². The second kappa shape index (κ2) is 10.1. The van der Waals surface area contributed by atoms with Crippen LogP contribution < -0.4 is 10.1 Å². The fourth-order valence-electron chi connectivity index (χ4n) is 2.89. The predicted octanol–water partition coefficient (Wildman–Crippen LogP) is 4.55. The van der Waals surface area contributed by atoms with Gasteiger partial charge >= 0.3 is 12.0 Å². The summed E-state index contributed by atoms with van der Waals surface area (Å²) in [6.07, 6.45) is 1.58. The topological polar surface area (TPSA) is 84.9 Å². The maximum Gasteiger partial charge on any atom is 0.344 e. The highest BCUT2D eigenvalue weighted by Gasteiger charge is 2.33. The van der Waals surface area contributed by atoms with Crippen LogP contribution in [0.2, 0.25) is 0 Å². The summed E-state index contributed by atoms with van der Waals surface area (Å²) in [6.45, 7) is 3.93. The third kappa shape index (κ3) is 5.74. The maximum absolute atomic E-state index is 12.7. The van der Waals surface area contributed by atoms with Crippen molar-refractivity contribution in [1.82, 2.24) is 10.2 Å². The second-order valence-electron chi connectivity index (χ2n) is 6.77. The predicted molar refractivity (Wildman–Crippen MR) is 122 cm³/mol. The van der Waals surface area contributed by atoms with Crippen molar-refractivity contribution in [3.05, 3.63) is 67.7 Å². The van der Waals surface area contributed by atoms with E-state index in [4.69, 9.17) is 9.47 Å². The highest BCUT2D eigenvalue weighted by atomic mass is 79.9. The lowest BCUT2D eigenvalue weighted by atomic mass is 10.1. The molecule has 1 N–H and O–H groups in total. The Morgan fingerprint density at radius 2 is 1.77 bits per heavy atom. The molecule has 0 aliphatic carbocycles. The molecular weight excluding hydrogens is 532 g/mol. The number of aryl methyl sites for hydroxylation is 1. The lowest BCUT2D eigenvalue weighted by Gasteiger charge is -2.12. The highest BCUT2D eigenvalue weighted by molar-refractivity contribution is 9.11. The van der Waals surface area contributed by atoms with E-state index >= 15 is 0 Å². The number of amides is 3. The van der Waals surface area contributed by atoms with Crippen LogP contribution in [0.15, 0.2) is 51.0 Å². The molecule has 31 heavy (non-hydrogen) atoms. The van der Waals surface area contributed by atoms with Crippen molar-refractivity contribution in [3.63, 3.8) is 0 Å². The molecule has 0 saturated carbocycles. The van der Waals surface area contributed by atoms with Gasteiger partial charge in [-0.1, -0.05) is 29.8 Å². The molecule has 1 saturated heterocycles. The standard InChI is InChI=1S/C22H20Br2N2O5/c1-3-30-19(27)12-31-20-16(23)8-15(9-17(20)24)10-18-21(28)26(22(29)25-18)11-14-6-4-13(2)5-7-14/h4-10H,3,11-12H2,1-2H3,(H,25,29)/b18-10+. The Kier molecular flexibility index (Phi) is 7.50. The first-order valence-electron chi connectivity index (χ1n) is 9.46. The molecule has 0 aromatic heterocycles. The minimum atomic E-state index is -0.472. The van der Waals surface area contributed by atoms with Crippen LogP contribution in [0.1, 0.15) is 23.6 Å². The number of hydrogen-bond donors (Lipinski definition) is 1. The SMILES string of the molecule is CCOC(=O)COc1c(Br)cc(/C=C2/NC(=O)N(Cc3ccc(C)cc3)C2=O)cc1Br. The van der Waals surface area contributed by atoms with Gasteiger partial charge in [-0.3, -0.25) is 9.69 Å². The molecular formula is C22H20Br2N2O5. The van der Waals surface area contributed by atoms with E-state index in [1.807, 2.05) is 31.2 Å². The number of ether oxygens (including phenoxy) is 2. The van der Waals surface area contributed by atoms with Gasteiger partial charge in [0.2, 0.25) is 0 Å². The Hall–Kier alpha value is -2.65. The van der Waals surface area contributed by atoms with E-state index in [1.165, 1.54) is 0 Å². The quantitative estimate of drug-likeness (QED) is 0.310. The van der Waals surface area contributed by atoms with Crippen molar-refractivity contribution in [2.24, 2.45) is 0 Å². The molecule has 0 atom stereocenters. The Balaban J connectivity index is 1.75. The van der Waals surface area contributed by atoms with Crippen molar-refractivity contribution in [2.75, 3.05) is 13.2 Å². The summed E-state index contributed by atoms with van der Waals surface area (Å²) in [4.78, 5) is 37.7. The van der Waals surface area contributed by atoms with Gasteiger partial charge in [0.15, 0.2) is 6.61 Å². The Morgan fingerprint density at radius 3 is 2.39 bits per heavy atom. The normalized spacial score (nSPS) is 14.7. The number of rotatable bonds is 7. The molecule has 1 aliphatic rings. The minimum Gasteiger partial charge on any atom is -0.480 e. The molecule has 2 aromatic rings. The summed E-state index contributed by atoms with van der Waals surface area (Å²) in [6, 6.07) is 10.6. The van der Waals surface area contributed by atoms with Crippen molar-refractivity contribution >= 4 is 55.8 Å². The van der Waals surface area contributed by atoms with Gasteiger partial charge in [0.05, 0.1) is 22.1 Å². The van der Waals surface area contributed by atoms with Crippen LogP contribution in [-0.4, -0.2) is 36.0 Å². The number of nitrogens with zero attached hydrogens (tertiary/aromatic N) is 1. The van der Waals surface area contributed by atoms with E-state index in [9.17, 15) is 14.4 Å². The van der Waals surface area contributed by atoms with E-state index in [1.54, 1.807) is 25.1 Å². The minimum absolute atomic E-state index is 0.177. The van der Waals surface area contributed by atoms with Gasteiger partial charge in [0.1, 0.15) is 11.4 Å². The van der Waals surface area contributed by atoms with Crippen molar-refractivity contribution in [2.45, 2.75) is 20.4 Å². The van der Waals surface area contributed by atoms with Crippen LogP contribution in [0.5, 0.6) is 5.75 Å². The number of carbonyl (C=O) groups excluding carboxylic acids is 3. The van der Waals surface area contributed by atoms with E-state index in [0.29, 0.717) is 20.3 Å². The summed E-state index contributed by atoms with van der Waals surface area (Å²) >= 11 is 6.81. The first-order chi connectivity index (χ1) is 14.8. The fourth-order valence-corrected chi connectivity index (χ4v) is 4.34. The first-order valence-corrected chi connectivity index (χ1v) is 11.0. The lowest BCUT2D eigenvalue weighted by molar-refractivity contribution is -0.145. The third-order valence-corrected chi connectivity index (χ3v) is 5.57. The zero-order valence-corrected chi connectivity index (χ0v) is 20.1. The van der Waals surface area contributed by atoms with Gasteiger partial charge in [-0.2, -0.15) is 0 Å². The molecule has 3 rings (SSSR count). The summed E-state index contributed by atoms with van der Waals surface area (Å²) in [5, 5.41) is 2.62. The molecule has 2 aromatic carbocycles. The van der Waals surface area contributed by atoms with Gasteiger partial charge in [0.25, 0.3) is 5.91 Å². The van der Waals surface area contributed by atoms with E-state index in [0.717, 1.165) is 16.0 Å². The Morgan fingerprint density at radius 1 is 1.13 bits per heavy atom. The van der Waals surface area contributed by atoms with E-state index in [-0.39, 0.29) is 25.5 Å². The number of halogens is 2. The number of nitrogens with one attached hydrogen (secondary N) is 1. The molecule has 0 bridgehead atoms. The average molecular weight is 552 g/mol. The van der Waals surface area contributed by atoms with Crippen LogP contribution in [0.4, 0.5) is 4.79 Å². The van der Waals surface area contributed by atoms with Crippen molar-refractivity contribution in [3.8, 4) is 5.75 Å². The van der Waals surface area contributed by atoms with Gasteiger partial charge in [-0.05, 0) is 75.0 Å². The average Bonchev–Trinajstić information content (AvgIpc) is 2.96. The van der Waals surface area contributed by atoms with Gasteiger partial charge in [-0.15, -0.1) is 0 Å². The summed E-state index contributed by atoms with van der Waals surface area (Å²) < 4.78 is 11.5. The zero-order valence-electron chi connectivity index (χ0n) is 16.9. The largest absolute Gasteiger partial charge is 0.480 e. The number of imide groups is 1. The Bertz CT molecular complexity index is 1030. The molecule has 0 radical (unpaired) electrons. The summed E-state index contributed by atoms with van der Waals surface area (Å²) in [5.41, 5.74) is 2.80. The molecule has 3 amide bonds. The molecule has 0 unspecified atom stereocenters. The number of benzene rings is 2. The maximum atomic E-state index is 12.7. The number of hydrogen-bond acceptors (Lipinski definition) is 5. The van der Waals surface area contributed by atoms with Crippen molar-refractivity contribution in [1.29, 1.82) is 0 Å². The van der Waals surface area contributed by atoms with Gasteiger partial charge in [0, 0.05) is 0 Å². The first kappa shape index (κ1) is 23.0. The highest BCUT2D eigenvalue weighted by Crippen LogP contribution is 2.35. The zero-order chi connectivity index (χ0) is 22.5.